The van der Waals surface area contributed by atoms with E-state index in [2.05, 4.69) is 45.3 Å². The highest BCUT2D eigenvalue weighted by Gasteiger charge is 2.08. The third-order valence-electron chi connectivity index (χ3n) is 2.64. The molecule has 0 aliphatic heterocycles. The zero-order chi connectivity index (χ0) is 12.3. The van der Waals surface area contributed by atoms with Crippen LogP contribution in [0.3, 0.4) is 0 Å². The molecule has 2 N–H and O–H groups in total. The highest BCUT2D eigenvalue weighted by molar-refractivity contribution is 9.10. The lowest BCUT2D eigenvalue weighted by molar-refractivity contribution is 0.841. The molecule has 0 amide bonds. The fourth-order valence-corrected chi connectivity index (χ4v) is 3.21. The first-order chi connectivity index (χ1) is 8.20. The normalized spacial score (nSPS) is 10.5. The zero-order valence-corrected chi connectivity index (χ0v) is 12.1. The van der Waals surface area contributed by atoms with Crippen molar-refractivity contribution in [1.29, 1.82) is 0 Å². The minimum Gasteiger partial charge on any atom is -0.399 e. The lowest BCUT2D eigenvalue weighted by atomic mass is 10.2. The van der Waals surface area contributed by atoms with E-state index in [1.807, 2.05) is 18.2 Å². The van der Waals surface area contributed by atoms with Crippen molar-refractivity contribution in [2.24, 2.45) is 0 Å². The van der Waals surface area contributed by atoms with Gasteiger partial charge < -0.3 is 10.6 Å². The van der Waals surface area contributed by atoms with Gasteiger partial charge in [-0.15, -0.1) is 11.3 Å². The number of rotatable bonds is 4. The number of nitrogens with two attached hydrogens (primary N) is 1. The molecule has 17 heavy (non-hydrogen) atoms. The quantitative estimate of drug-likeness (QED) is 0.861. The minimum absolute atomic E-state index is 0.811. The molecule has 0 saturated carbocycles. The summed E-state index contributed by atoms with van der Waals surface area (Å²) in [5, 5.41) is 2.10. The Labute approximate surface area is 114 Å². The minimum atomic E-state index is 0.811. The molecule has 90 valence electrons. The van der Waals surface area contributed by atoms with Crippen molar-refractivity contribution in [3.63, 3.8) is 0 Å². The second kappa shape index (κ2) is 5.56. The monoisotopic (exact) mass is 310 g/mol. The Kier molecular flexibility index (Phi) is 4.07. The molecule has 2 rings (SSSR count). The Bertz CT molecular complexity index is 496. The number of hydrogen-bond donors (Lipinski definition) is 1. The van der Waals surface area contributed by atoms with E-state index in [0.29, 0.717) is 0 Å². The van der Waals surface area contributed by atoms with Gasteiger partial charge >= 0.3 is 0 Å². The molecule has 0 fully saturated rings. The number of halogens is 1. The number of benzene rings is 1. The van der Waals surface area contributed by atoms with Crippen LogP contribution in [0.5, 0.6) is 0 Å². The van der Waals surface area contributed by atoms with Crippen molar-refractivity contribution in [1.82, 2.24) is 0 Å². The van der Waals surface area contributed by atoms with Crippen molar-refractivity contribution in [2.75, 3.05) is 17.2 Å². The van der Waals surface area contributed by atoms with Crippen molar-refractivity contribution in [2.45, 2.75) is 13.5 Å². The Morgan fingerprint density at radius 1 is 1.35 bits per heavy atom. The molecular formula is C13H15BrN2S. The average Bonchev–Trinajstić information content (AvgIpc) is 2.71. The van der Waals surface area contributed by atoms with Crippen LogP contribution in [0.15, 0.2) is 40.2 Å². The maximum atomic E-state index is 5.82. The molecule has 0 bridgehead atoms. The van der Waals surface area contributed by atoms with Crippen LogP contribution >= 0.6 is 27.3 Å². The summed E-state index contributed by atoms with van der Waals surface area (Å²) in [6.07, 6.45) is 0. The standard InChI is InChI=1S/C13H15BrN2S/c1-2-16(9-13-12(14)6-7-17-13)11-5-3-4-10(15)8-11/h3-8H,2,9,15H2,1H3. The highest BCUT2D eigenvalue weighted by Crippen LogP contribution is 2.27. The lowest BCUT2D eigenvalue weighted by Crippen LogP contribution is -2.21. The van der Waals surface area contributed by atoms with E-state index in [1.165, 1.54) is 15.0 Å². The molecular weight excluding hydrogens is 296 g/mol. The van der Waals surface area contributed by atoms with Crippen molar-refractivity contribution < 1.29 is 0 Å². The Morgan fingerprint density at radius 2 is 2.18 bits per heavy atom. The van der Waals surface area contributed by atoms with Gasteiger partial charge in [0.2, 0.25) is 0 Å². The van der Waals surface area contributed by atoms with E-state index in [-0.39, 0.29) is 0 Å². The fraction of sp³-hybridized carbons (Fsp3) is 0.231. The van der Waals surface area contributed by atoms with Crippen molar-refractivity contribution in [3.05, 3.63) is 45.1 Å². The molecule has 0 aliphatic rings. The second-order valence-electron chi connectivity index (χ2n) is 3.80. The smallest absolute Gasteiger partial charge is 0.0534 e. The second-order valence-corrected chi connectivity index (χ2v) is 5.66. The summed E-state index contributed by atoms with van der Waals surface area (Å²) in [4.78, 5) is 3.65. The van der Waals surface area contributed by atoms with Gasteiger partial charge in [-0.25, -0.2) is 0 Å². The Balaban J connectivity index is 2.20. The maximum absolute atomic E-state index is 5.82. The first kappa shape index (κ1) is 12.5. The SMILES string of the molecule is CCN(Cc1sccc1Br)c1cccc(N)c1. The summed E-state index contributed by atoms with van der Waals surface area (Å²) in [7, 11) is 0. The first-order valence-corrected chi connectivity index (χ1v) is 7.20. The molecule has 4 heteroatoms. The molecule has 1 heterocycles. The van der Waals surface area contributed by atoms with Gasteiger partial charge in [0.15, 0.2) is 0 Å². The maximum Gasteiger partial charge on any atom is 0.0534 e. The molecule has 1 aromatic heterocycles. The largest absolute Gasteiger partial charge is 0.399 e. The van der Waals surface area contributed by atoms with Gasteiger partial charge in [-0.3, -0.25) is 0 Å². The molecule has 0 atom stereocenters. The van der Waals surface area contributed by atoms with E-state index in [1.54, 1.807) is 11.3 Å². The zero-order valence-electron chi connectivity index (χ0n) is 9.69. The molecule has 1 aromatic carbocycles. The van der Waals surface area contributed by atoms with Gasteiger partial charge in [-0.05, 0) is 52.5 Å². The van der Waals surface area contributed by atoms with E-state index in [4.69, 9.17) is 5.73 Å². The lowest BCUT2D eigenvalue weighted by Gasteiger charge is -2.23. The number of thiophene rings is 1. The van der Waals surface area contributed by atoms with Crippen molar-refractivity contribution >= 4 is 38.6 Å². The summed E-state index contributed by atoms with van der Waals surface area (Å²) in [6, 6.07) is 10.1. The van der Waals surface area contributed by atoms with Crippen LogP contribution in [-0.4, -0.2) is 6.54 Å². The van der Waals surface area contributed by atoms with Crippen LogP contribution in [0.25, 0.3) is 0 Å². The van der Waals surface area contributed by atoms with E-state index < -0.39 is 0 Å². The average molecular weight is 311 g/mol. The van der Waals surface area contributed by atoms with Crippen LogP contribution in [0.1, 0.15) is 11.8 Å². The van der Waals surface area contributed by atoms with Crippen LogP contribution in [0.4, 0.5) is 11.4 Å². The summed E-state index contributed by atoms with van der Waals surface area (Å²) >= 11 is 5.34. The van der Waals surface area contributed by atoms with Crippen molar-refractivity contribution in [3.8, 4) is 0 Å². The molecule has 0 unspecified atom stereocenters. The highest BCUT2D eigenvalue weighted by atomic mass is 79.9. The predicted octanol–water partition coefficient (Wildman–Crippen LogP) is 4.12. The number of nitrogens with zero attached hydrogens (tertiary/aromatic N) is 1. The third-order valence-corrected chi connectivity index (χ3v) is 4.55. The van der Waals surface area contributed by atoms with Gasteiger partial charge in [0.1, 0.15) is 0 Å². The number of hydrogen-bond acceptors (Lipinski definition) is 3. The van der Waals surface area contributed by atoms with Gasteiger partial charge in [0.05, 0.1) is 6.54 Å². The van der Waals surface area contributed by atoms with Gasteiger partial charge in [0, 0.05) is 27.3 Å². The van der Waals surface area contributed by atoms with Crippen LogP contribution < -0.4 is 10.6 Å². The number of anilines is 2. The molecule has 2 aromatic rings. The van der Waals surface area contributed by atoms with Gasteiger partial charge in [0.25, 0.3) is 0 Å². The first-order valence-electron chi connectivity index (χ1n) is 5.53. The van der Waals surface area contributed by atoms with Crippen LogP contribution in [0, 0.1) is 0 Å². The summed E-state index contributed by atoms with van der Waals surface area (Å²) < 4.78 is 1.19. The van der Waals surface area contributed by atoms with Gasteiger partial charge in [-0.1, -0.05) is 6.07 Å². The van der Waals surface area contributed by atoms with E-state index >= 15 is 0 Å². The third kappa shape index (κ3) is 3.01. The predicted molar refractivity (Wildman–Crippen MR) is 79.6 cm³/mol. The molecule has 0 saturated heterocycles. The topological polar surface area (TPSA) is 29.3 Å². The van der Waals surface area contributed by atoms with E-state index in [9.17, 15) is 0 Å². The summed E-state index contributed by atoms with van der Waals surface area (Å²) in [5.41, 5.74) is 7.81. The Morgan fingerprint density at radius 3 is 2.76 bits per heavy atom. The molecule has 2 nitrogen and oxygen atoms in total. The van der Waals surface area contributed by atoms with Crippen LogP contribution in [0.2, 0.25) is 0 Å². The summed E-state index contributed by atoms with van der Waals surface area (Å²) in [6.45, 7) is 4.04. The summed E-state index contributed by atoms with van der Waals surface area (Å²) in [5.74, 6) is 0. The van der Waals surface area contributed by atoms with Gasteiger partial charge in [-0.2, -0.15) is 0 Å². The fourth-order valence-electron chi connectivity index (χ4n) is 1.72. The van der Waals surface area contributed by atoms with E-state index in [0.717, 1.165) is 18.8 Å². The van der Waals surface area contributed by atoms with Crippen LogP contribution in [-0.2, 0) is 6.54 Å². The number of nitrogen functional groups attached to an aromatic ring is 1. The molecule has 0 spiro atoms. The molecule has 0 aliphatic carbocycles. The molecule has 0 radical (unpaired) electrons. The Hall–Kier alpha value is -1.00.